The molecular weight excluding hydrogens is 976 g/mol. The number of rotatable bonds is 10. The Kier molecular flexibility index (Phi) is 16.9. The molecule has 0 nitrogen and oxygen atoms in total. The molecule has 6 aromatic carbocycles. The second kappa shape index (κ2) is 20.9. The Morgan fingerprint density at radius 1 is 0.600 bits per heavy atom. The molecule has 346 valence electrons. The third kappa shape index (κ3) is 12.8. The zero-order valence-corrected chi connectivity index (χ0v) is 46.8. The molecule has 0 heterocycles. The summed E-state index contributed by atoms with van der Waals surface area (Å²) in [5.74, 6) is 2.07. The van der Waals surface area contributed by atoms with Gasteiger partial charge < -0.3 is 24.8 Å². The maximum atomic E-state index is 11.4. The number of alkyl halides is 3. The molecule has 0 aromatic heterocycles. The topological polar surface area (TPSA) is 0 Å². The summed E-state index contributed by atoms with van der Waals surface area (Å²) >= 11 is 1.29. The van der Waals surface area contributed by atoms with Crippen LogP contribution in [0.4, 0.5) is 13.2 Å². The Morgan fingerprint density at radius 2 is 0.969 bits per heavy atom. The summed E-state index contributed by atoms with van der Waals surface area (Å²) < 4.78 is 34.3. The number of benzene rings is 4. The van der Waals surface area contributed by atoms with Crippen molar-refractivity contribution in [1.29, 1.82) is 0 Å². The summed E-state index contributed by atoms with van der Waals surface area (Å²) in [6, 6.07) is 42.8. The van der Waals surface area contributed by atoms with Crippen LogP contribution in [0.1, 0.15) is 81.8 Å². The number of fused-ring (bicyclic) bond motifs is 6. The van der Waals surface area contributed by atoms with Crippen LogP contribution in [-0.4, -0.2) is 27.8 Å². The molecule has 4 aliphatic carbocycles. The van der Waals surface area contributed by atoms with E-state index in [1.807, 2.05) is 6.55 Å². The molecule has 0 atom stereocenters. The zero-order valence-electron chi connectivity index (χ0n) is 39.8. The first-order valence-electron chi connectivity index (χ1n) is 23.9. The van der Waals surface area contributed by atoms with E-state index in [4.69, 9.17) is 0 Å². The predicted molar refractivity (Wildman–Crippen MR) is 268 cm³/mol. The molecule has 0 saturated heterocycles. The van der Waals surface area contributed by atoms with E-state index in [1.165, 1.54) is 155 Å². The minimum absolute atomic E-state index is 0. The molecule has 0 unspecified atom stereocenters. The van der Waals surface area contributed by atoms with E-state index in [2.05, 4.69) is 148 Å². The Bertz CT molecular complexity index is 2360. The van der Waals surface area contributed by atoms with Gasteiger partial charge in [-0.3, -0.25) is 0 Å². The van der Waals surface area contributed by atoms with Crippen LogP contribution in [0, 0.1) is 22.7 Å². The third-order valence-corrected chi connectivity index (χ3v) is 22.4. The molecule has 9 heteroatoms. The maximum absolute atomic E-state index is 11.4. The van der Waals surface area contributed by atoms with Crippen molar-refractivity contribution in [2.24, 2.45) is 22.7 Å². The van der Waals surface area contributed by atoms with Crippen molar-refractivity contribution in [2.45, 2.75) is 142 Å². The third-order valence-electron chi connectivity index (χ3n) is 15.5. The second-order valence-electron chi connectivity index (χ2n) is 22.5. The average molecular weight is 1050 g/mol. The van der Waals surface area contributed by atoms with Gasteiger partial charge >= 0.3 is 67.1 Å². The molecule has 10 rings (SSSR count). The summed E-state index contributed by atoms with van der Waals surface area (Å²) in [5.41, 5.74) is 9.32. The standard InChI is InChI=1S/2C26H31Si.C4H7F3Si.2ClH.Zr/c2*1-27(2,3)23-9-7-21(8-10-23)24-6-4-5-22-15-20(16-25(22)24)18-26-13-11-19(17-26)12-14-26;1-8-3-2-4(5,6)7;;;/h2*4-10,15-16,19H,11-14,17-18H2,1-3H3;2-3H2,1H3;2*1H;/q2*-1;;;;+2/p-2. The molecule has 4 saturated carbocycles. The first-order valence-corrected chi connectivity index (χ1v) is 36.8. The van der Waals surface area contributed by atoms with E-state index in [1.54, 1.807) is 11.1 Å². The van der Waals surface area contributed by atoms with Crippen LogP contribution in [0.5, 0.6) is 0 Å². The van der Waals surface area contributed by atoms with Gasteiger partial charge in [-0.05, 0) is 111 Å². The van der Waals surface area contributed by atoms with Gasteiger partial charge in [0, 0.05) is 0 Å². The molecule has 0 aliphatic heterocycles. The van der Waals surface area contributed by atoms with Gasteiger partial charge in [0.15, 0.2) is 0 Å². The normalized spacial score (nSPS) is 22.2. The van der Waals surface area contributed by atoms with Gasteiger partial charge in [0.1, 0.15) is 0 Å². The van der Waals surface area contributed by atoms with E-state index >= 15 is 0 Å². The molecule has 6 aromatic rings. The molecule has 4 fully saturated rings. The van der Waals surface area contributed by atoms with E-state index < -0.39 is 34.2 Å². The maximum Gasteiger partial charge on any atom is 0.0775 e. The Hall–Kier alpha value is -2.00. The summed E-state index contributed by atoms with van der Waals surface area (Å²) in [7, 11) is -2.47. The van der Waals surface area contributed by atoms with Crippen LogP contribution in [0.25, 0.3) is 43.8 Å². The Morgan fingerprint density at radius 3 is 1.25 bits per heavy atom. The van der Waals surface area contributed by atoms with Gasteiger partial charge in [-0.1, -0.05) is 121 Å². The molecule has 0 radical (unpaired) electrons. The Balaban J connectivity index is 0.000000177. The van der Waals surface area contributed by atoms with E-state index in [0.29, 0.717) is 16.9 Å². The number of hydrogen-bond acceptors (Lipinski definition) is 0. The smallest absolute Gasteiger partial charge is 0.0775 e. The van der Waals surface area contributed by atoms with E-state index in [0.717, 1.165) is 11.8 Å². The monoisotopic (exact) mass is 1040 g/mol. The first kappa shape index (κ1) is 52.4. The van der Waals surface area contributed by atoms with E-state index in [-0.39, 0.29) is 24.8 Å². The SMILES string of the molecule is C[Si](=[Zr+2])CCC(F)(F)F.C[Si](C)(C)c1ccc(-c2cccc3[cH-]c(CC45CCC(CC4)C5)cc23)cc1.C[Si](C)(C)c1ccc(-c2cccc3[cH-]c(CC45CCC(CC4)C5)cc23)cc1.[Cl-].[Cl-]. The van der Waals surface area contributed by atoms with Gasteiger partial charge in [0.25, 0.3) is 0 Å². The van der Waals surface area contributed by atoms with Gasteiger partial charge in [-0.25, -0.2) is 0 Å². The minimum atomic E-state index is -3.93. The zero-order chi connectivity index (χ0) is 44.8. The van der Waals surface area contributed by atoms with Gasteiger partial charge in [-0.15, -0.1) is 69.1 Å². The fraction of sp³-hybridized carbons (Fsp3) is 0.464. The van der Waals surface area contributed by atoms with Crippen molar-refractivity contribution < 1.29 is 61.3 Å². The first-order chi connectivity index (χ1) is 29.8. The number of halogens is 5. The summed E-state index contributed by atoms with van der Waals surface area (Å²) in [6.07, 6.45) is 12.8. The van der Waals surface area contributed by atoms with Crippen molar-refractivity contribution in [3.8, 4) is 22.3 Å². The van der Waals surface area contributed by atoms with Gasteiger partial charge in [-0.2, -0.15) is 12.1 Å². The number of hydrogen-bond donors (Lipinski definition) is 0. The largest absolute Gasteiger partial charge is 1.00 e. The van der Waals surface area contributed by atoms with Crippen molar-refractivity contribution in [2.75, 3.05) is 0 Å². The van der Waals surface area contributed by atoms with Crippen LogP contribution in [-0.2, 0) is 36.2 Å². The molecule has 4 bridgehead atoms. The Labute approximate surface area is 418 Å². The molecule has 65 heavy (non-hydrogen) atoms. The van der Waals surface area contributed by atoms with Crippen molar-refractivity contribution >= 4 is 53.5 Å². The summed E-state index contributed by atoms with van der Waals surface area (Å²) in [6.45, 7) is 16.4. The van der Waals surface area contributed by atoms with Crippen molar-refractivity contribution in [1.82, 2.24) is 0 Å². The predicted octanol–water partition coefficient (Wildman–Crippen LogP) is 9.90. The second-order valence-corrected chi connectivity index (χ2v) is 41.1. The fourth-order valence-corrected chi connectivity index (χ4v) is 15.8. The minimum Gasteiger partial charge on any atom is -1.00 e. The van der Waals surface area contributed by atoms with Crippen LogP contribution in [0.3, 0.4) is 0 Å². The van der Waals surface area contributed by atoms with Crippen molar-refractivity contribution in [3.05, 3.63) is 120 Å². The molecular formula is C56H69Cl2F3Si3Zr-2. The van der Waals surface area contributed by atoms with Crippen molar-refractivity contribution in [3.63, 3.8) is 0 Å². The van der Waals surface area contributed by atoms with Crippen LogP contribution >= 0.6 is 0 Å². The molecule has 4 aliphatic rings. The molecule has 0 amide bonds. The van der Waals surface area contributed by atoms with E-state index in [9.17, 15) is 13.2 Å². The molecule has 0 spiro atoms. The van der Waals surface area contributed by atoms with Crippen LogP contribution in [0.15, 0.2) is 109 Å². The molecule has 0 N–H and O–H groups in total. The van der Waals surface area contributed by atoms with Crippen LogP contribution < -0.4 is 35.2 Å². The quantitative estimate of drug-likeness (QED) is 0.0948. The summed E-state index contributed by atoms with van der Waals surface area (Å²) in [5, 5.41) is 8.80. The fourth-order valence-electron chi connectivity index (χ4n) is 11.9. The van der Waals surface area contributed by atoms with Crippen LogP contribution in [0.2, 0.25) is 51.9 Å². The van der Waals surface area contributed by atoms with Gasteiger partial charge in [0.2, 0.25) is 0 Å². The average Bonchev–Trinajstić information content (AvgIpc) is 4.11. The summed E-state index contributed by atoms with van der Waals surface area (Å²) in [4.78, 5) is 0. The van der Waals surface area contributed by atoms with Gasteiger partial charge in [0.05, 0.1) is 16.1 Å².